The van der Waals surface area contributed by atoms with E-state index in [4.69, 9.17) is 13.3 Å². The van der Waals surface area contributed by atoms with Crippen LogP contribution in [0.1, 0.15) is 86.0 Å². The van der Waals surface area contributed by atoms with Gasteiger partial charge in [0.2, 0.25) is 0 Å². The molecule has 1 aliphatic carbocycles. The smallest absolute Gasteiger partial charge is 0.374 e. The molecule has 32 heavy (non-hydrogen) atoms. The summed E-state index contributed by atoms with van der Waals surface area (Å²) in [6, 6.07) is 0.883. The lowest BCUT2D eigenvalue weighted by molar-refractivity contribution is -0.111. The van der Waals surface area contributed by atoms with Crippen LogP contribution in [0.5, 0.6) is 0 Å². The van der Waals surface area contributed by atoms with E-state index in [0.717, 1.165) is 36.8 Å². The van der Waals surface area contributed by atoms with Crippen molar-refractivity contribution in [2.45, 2.75) is 92.0 Å². The molecule has 0 aromatic heterocycles. The normalized spacial score (nSPS) is 21.6. The first-order valence-corrected chi connectivity index (χ1v) is 16.6. The second-order valence-electron chi connectivity index (χ2n) is 8.45. The zero-order chi connectivity index (χ0) is 23.8. The van der Waals surface area contributed by atoms with Crippen LogP contribution in [0.25, 0.3) is 0 Å². The third kappa shape index (κ3) is 11.5. The van der Waals surface area contributed by atoms with Gasteiger partial charge in [0.1, 0.15) is 0 Å². The average Bonchev–Trinajstić information content (AvgIpc) is 2.79. The van der Waals surface area contributed by atoms with Crippen LogP contribution in [0.4, 0.5) is 0 Å². The third-order valence-corrected chi connectivity index (χ3v) is 11.5. The lowest BCUT2D eigenvalue weighted by atomic mass is 9.71. The van der Waals surface area contributed by atoms with Crippen molar-refractivity contribution >= 4 is 42.6 Å². The Hall–Kier alpha value is 0.137. The Bertz CT molecular complexity index is 517. The molecule has 0 aromatic rings. The first-order valence-electron chi connectivity index (χ1n) is 12.7. The van der Waals surface area contributed by atoms with E-state index >= 15 is 0 Å². The maximum atomic E-state index is 11.8. The van der Waals surface area contributed by atoms with E-state index in [2.05, 4.69) is 0 Å². The van der Waals surface area contributed by atoms with Crippen molar-refractivity contribution in [1.82, 2.24) is 0 Å². The van der Waals surface area contributed by atoms with Gasteiger partial charge in [-0.3, -0.25) is 9.59 Å². The van der Waals surface area contributed by atoms with Gasteiger partial charge in [-0.15, -0.1) is 0 Å². The van der Waals surface area contributed by atoms with E-state index in [9.17, 15) is 9.59 Å². The topological polar surface area (TPSA) is 61.8 Å². The molecule has 0 N–H and O–H groups in total. The van der Waals surface area contributed by atoms with Crippen LogP contribution >= 0.6 is 23.5 Å². The number of hydrogen-bond acceptors (Lipinski definition) is 7. The molecule has 0 saturated heterocycles. The molecule has 1 rings (SSSR count). The van der Waals surface area contributed by atoms with Gasteiger partial charge in [-0.1, -0.05) is 43.8 Å². The minimum absolute atomic E-state index is 0.291. The quantitative estimate of drug-likeness (QED) is 0.207. The van der Waals surface area contributed by atoms with Gasteiger partial charge in [-0.05, 0) is 70.6 Å². The number of thioether (sulfide) groups is 2. The average molecular weight is 507 g/mol. The van der Waals surface area contributed by atoms with Crippen LogP contribution < -0.4 is 0 Å². The molecule has 188 valence electrons. The Labute approximate surface area is 206 Å². The predicted octanol–water partition coefficient (Wildman–Crippen LogP) is 6.58. The maximum absolute atomic E-state index is 11.8. The van der Waals surface area contributed by atoms with Crippen molar-refractivity contribution in [3.8, 4) is 0 Å². The fraction of sp³-hybridized carbons (Fsp3) is 0.917. The highest BCUT2D eigenvalue weighted by Gasteiger charge is 2.41. The molecule has 3 unspecified atom stereocenters. The molecule has 5 nitrogen and oxygen atoms in total. The van der Waals surface area contributed by atoms with E-state index in [1.165, 1.54) is 42.8 Å². The van der Waals surface area contributed by atoms with Crippen LogP contribution in [0.3, 0.4) is 0 Å². The Morgan fingerprint density at radius 2 is 1.25 bits per heavy atom. The number of rotatable bonds is 17. The highest BCUT2D eigenvalue weighted by Crippen LogP contribution is 2.41. The standard InChI is InChI=1S/C24H46O5S2Si/c1-6-23(25)30-16-13-21-12-11-20(19-22(21)14-17-31-24(26)7-2)15-18-32(27-8-3,28-9-4)29-10-5/h20-22H,6-19H2,1-5H3. The number of hydrogen-bond donors (Lipinski definition) is 0. The van der Waals surface area contributed by atoms with E-state index in [0.29, 0.717) is 60.6 Å². The lowest BCUT2D eigenvalue weighted by Crippen LogP contribution is -2.46. The maximum Gasteiger partial charge on any atom is 0.500 e. The first-order chi connectivity index (χ1) is 15.4. The van der Waals surface area contributed by atoms with E-state index < -0.39 is 8.80 Å². The Morgan fingerprint density at radius 1 is 0.750 bits per heavy atom. The van der Waals surface area contributed by atoms with E-state index in [1.807, 2.05) is 34.6 Å². The molecule has 1 saturated carbocycles. The summed E-state index contributed by atoms with van der Waals surface area (Å²) in [5.74, 6) is 3.78. The molecule has 0 bridgehead atoms. The molecule has 1 aliphatic rings. The van der Waals surface area contributed by atoms with Crippen LogP contribution in [0.15, 0.2) is 0 Å². The van der Waals surface area contributed by atoms with Crippen molar-refractivity contribution in [1.29, 1.82) is 0 Å². The van der Waals surface area contributed by atoms with Gasteiger partial charge in [0.15, 0.2) is 10.2 Å². The Balaban J connectivity index is 2.69. The monoisotopic (exact) mass is 506 g/mol. The Kier molecular flexibility index (Phi) is 16.5. The first kappa shape index (κ1) is 30.2. The molecular weight excluding hydrogens is 460 g/mol. The van der Waals surface area contributed by atoms with Crippen molar-refractivity contribution in [3.05, 3.63) is 0 Å². The van der Waals surface area contributed by atoms with Crippen molar-refractivity contribution in [3.63, 3.8) is 0 Å². The summed E-state index contributed by atoms with van der Waals surface area (Å²) in [6.07, 6.45) is 8.15. The summed E-state index contributed by atoms with van der Waals surface area (Å²) in [4.78, 5) is 23.5. The highest BCUT2D eigenvalue weighted by molar-refractivity contribution is 8.13. The van der Waals surface area contributed by atoms with Crippen molar-refractivity contribution < 1.29 is 22.9 Å². The Morgan fingerprint density at radius 3 is 1.72 bits per heavy atom. The van der Waals surface area contributed by atoms with Crippen LogP contribution in [-0.2, 0) is 22.9 Å². The summed E-state index contributed by atoms with van der Waals surface area (Å²) < 4.78 is 18.2. The van der Waals surface area contributed by atoms with Gasteiger partial charge in [0.05, 0.1) is 0 Å². The molecule has 0 radical (unpaired) electrons. The SMILES string of the molecule is CCO[Si](CCC1CCC(CCSC(=O)CC)C(CCSC(=O)CC)C1)(OCC)OCC. The highest BCUT2D eigenvalue weighted by atomic mass is 32.2. The van der Waals surface area contributed by atoms with Gasteiger partial charge in [-0.2, -0.15) is 0 Å². The fourth-order valence-corrected chi connectivity index (χ4v) is 9.12. The number of carbonyl (C=O) groups is 2. The summed E-state index contributed by atoms with van der Waals surface area (Å²) in [6.45, 7) is 11.8. The lowest BCUT2D eigenvalue weighted by Gasteiger charge is -2.37. The molecule has 3 atom stereocenters. The van der Waals surface area contributed by atoms with Gasteiger partial charge in [0, 0.05) is 50.2 Å². The molecule has 8 heteroatoms. The van der Waals surface area contributed by atoms with Gasteiger partial charge >= 0.3 is 8.80 Å². The molecular formula is C24H46O5S2Si. The van der Waals surface area contributed by atoms with Gasteiger partial charge < -0.3 is 13.3 Å². The summed E-state index contributed by atoms with van der Waals surface area (Å²) in [5, 5.41) is 0.585. The third-order valence-electron chi connectivity index (χ3n) is 6.28. The summed E-state index contributed by atoms with van der Waals surface area (Å²) in [5.41, 5.74) is 0. The van der Waals surface area contributed by atoms with Gasteiger partial charge in [-0.25, -0.2) is 0 Å². The number of carbonyl (C=O) groups excluding carboxylic acids is 2. The second-order valence-corrected chi connectivity index (χ2v) is 13.5. The molecule has 1 fully saturated rings. The molecule has 0 amide bonds. The van der Waals surface area contributed by atoms with Crippen molar-refractivity contribution in [2.75, 3.05) is 31.3 Å². The minimum Gasteiger partial charge on any atom is -0.374 e. The van der Waals surface area contributed by atoms with Crippen LogP contribution in [0.2, 0.25) is 6.04 Å². The van der Waals surface area contributed by atoms with Crippen LogP contribution in [0, 0.1) is 17.8 Å². The molecule has 0 spiro atoms. The molecule has 0 heterocycles. The van der Waals surface area contributed by atoms with Crippen molar-refractivity contribution in [2.24, 2.45) is 17.8 Å². The van der Waals surface area contributed by atoms with E-state index in [-0.39, 0.29) is 0 Å². The second kappa shape index (κ2) is 17.6. The zero-order valence-corrected chi connectivity index (χ0v) is 23.6. The predicted molar refractivity (Wildman–Crippen MR) is 139 cm³/mol. The summed E-state index contributed by atoms with van der Waals surface area (Å²) in [7, 11) is -2.59. The molecule has 0 aliphatic heterocycles. The minimum atomic E-state index is -2.59. The largest absolute Gasteiger partial charge is 0.500 e. The molecule has 0 aromatic carbocycles. The zero-order valence-electron chi connectivity index (χ0n) is 21.0. The fourth-order valence-electron chi connectivity index (χ4n) is 4.65. The van der Waals surface area contributed by atoms with Gasteiger partial charge in [0.25, 0.3) is 0 Å². The van der Waals surface area contributed by atoms with Crippen LogP contribution in [-0.4, -0.2) is 50.4 Å². The summed E-state index contributed by atoms with van der Waals surface area (Å²) >= 11 is 2.98. The van der Waals surface area contributed by atoms with E-state index in [1.54, 1.807) is 0 Å².